The fraction of sp³-hybridized carbons (Fsp3) is 0.850. The summed E-state index contributed by atoms with van der Waals surface area (Å²) in [6, 6.07) is 0. The standard InChI is InChI=1S/C20H32O3/c1-12(2)6-5-7-13(3)15-11-17-19-14(10-18(22)23-17)16(21)8-9-20(15,19)4/h6,13-17,19,21H,5,7-11H2,1-4H3/t13-,14+,15-,16+,17+,19+,20-/m1/s1. The van der Waals surface area contributed by atoms with Crippen LogP contribution in [0.4, 0.5) is 0 Å². The zero-order valence-corrected chi connectivity index (χ0v) is 15.0. The van der Waals surface area contributed by atoms with Gasteiger partial charge in [-0.1, -0.05) is 25.5 Å². The van der Waals surface area contributed by atoms with Crippen LogP contribution in [0.1, 0.15) is 66.2 Å². The van der Waals surface area contributed by atoms with Gasteiger partial charge in [0, 0.05) is 11.8 Å². The molecule has 7 atom stereocenters. The maximum absolute atomic E-state index is 11.9. The molecular formula is C20H32O3. The normalized spacial score (nSPS) is 43.5. The second-order valence-electron chi connectivity index (χ2n) is 8.71. The van der Waals surface area contributed by atoms with Gasteiger partial charge >= 0.3 is 5.97 Å². The first-order chi connectivity index (χ1) is 10.8. The molecule has 0 aromatic carbocycles. The molecule has 0 radical (unpaired) electrons. The van der Waals surface area contributed by atoms with Crippen LogP contribution in [0.15, 0.2) is 11.6 Å². The van der Waals surface area contributed by atoms with E-state index in [1.807, 2.05) is 0 Å². The summed E-state index contributed by atoms with van der Waals surface area (Å²) in [4.78, 5) is 11.9. The number of carbonyl (C=O) groups excluding carboxylic acids is 1. The molecule has 3 heteroatoms. The Balaban J connectivity index is 1.78. The summed E-state index contributed by atoms with van der Waals surface area (Å²) in [6.45, 7) is 9.08. The van der Waals surface area contributed by atoms with Crippen LogP contribution in [0.3, 0.4) is 0 Å². The molecule has 3 aliphatic rings. The molecule has 130 valence electrons. The predicted octanol–water partition coefficient (Wildman–Crippen LogP) is 4.10. The molecule has 0 amide bonds. The van der Waals surface area contributed by atoms with Crippen LogP contribution in [0.5, 0.6) is 0 Å². The summed E-state index contributed by atoms with van der Waals surface area (Å²) in [6.07, 6.45) is 7.70. The van der Waals surface area contributed by atoms with E-state index in [0.717, 1.165) is 25.7 Å². The first kappa shape index (κ1) is 17.0. The fourth-order valence-electron chi connectivity index (χ4n) is 5.88. The van der Waals surface area contributed by atoms with Crippen molar-refractivity contribution in [3.63, 3.8) is 0 Å². The van der Waals surface area contributed by atoms with Crippen LogP contribution in [-0.2, 0) is 9.53 Å². The lowest BCUT2D eigenvalue weighted by atomic mass is 9.57. The van der Waals surface area contributed by atoms with Gasteiger partial charge in [-0.25, -0.2) is 0 Å². The minimum Gasteiger partial charge on any atom is -0.462 e. The third-order valence-corrected chi connectivity index (χ3v) is 6.98. The second kappa shape index (κ2) is 6.23. The van der Waals surface area contributed by atoms with Crippen molar-refractivity contribution in [1.29, 1.82) is 0 Å². The summed E-state index contributed by atoms with van der Waals surface area (Å²) in [5, 5.41) is 10.4. The van der Waals surface area contributed by atoms with E-state index in [1.54, 1.807) is 0 Å². The van der Waals surface area contributed by atoms with E-state index >= 15 is 0 Å². The van der Waals surface area contributed by atoms with Crippen molar-refractivity contribution in [2.75, 3.05) is 0 Å². The van der Waals surface area contributed by atoms with E-state index in [1.165, 1.54) is 12.0 Å². The third-order valence-electron chi connectivity index (χ3n) is 6.98. The third kappa shape index (κ3) is 2.97. The van der Waals surface area contributed by atoms with Gasteiger partial charge in [0.25, 0.3) is 0 Å². The number of aliphatic hydroxyl groups excluding tert-OH is 1. The molecule has 0 aromatic rings. The monoisotopic (exact) mass is 320 g/mol. The highest BCUT2D eigenvalue weighted by atomic mass is 16.5. The molecule has 1 aliphatic heterocycles. The Bertz CT molecular complexity index is 493. The summed E-state index contributed by atoms with van der Waals surface area (Å²) < 4.78 is 5.72. The van der Waals surface area contributed by atoms with E-state index in [0.29, 0.717) is 24.2 Å². The largest absolute Gasteiger partial charge is 0.462 e. The predicted molar refractivity (Wildman–Crippen MR) is 90.8 cm³/mol. The number of ether oxygens (including phenoxy) is 1. The molecule has 0 unspecified atom stereocenters. The fourth-order valence-corrected chi connectivity index (χ4v) is 5.88. The molecule has 1 heterocycles. The molecule has 0 bridgehead atoms. The quantitative estimate of drug-likeness (QED) is 0.626. The van der Waals surface area contributed by atoms with Crippen LogP contribution in [0, 0.1) is 29.1 Å². The van der Waals surface area contributed by atoms with Gasteiger partial charge in [0.05, 0.1) is 12.5 Å². The first-order valence-corrected chi connectivity index (χ1v) is 9.34. The molecule has 1 saturated heterocycles. The van der Waals surface area contributed by atoms with Crippen molar-refractivity contribution >= 4 is 5.97 Å². The highest BCUT2D eigenvalue weighted by Crippen LogP contribution is 2.62. The molecule has 23 heavy (non-hydrogen) atoms. The SMILES string of the molecule is CC(C)=CCC[C@@H](C)[C@H]1C[C@@H]2OC(=O)C[C@@H]3[C@@H]2[C@]1(C)CC[C@@H]3O. The smallest absolute Gasteiger partial charge is 0.306 e. The van der Waals surface area contributed by atoms with Crippen LogP contribution >= 0.6 is 0 Å². The van der Waals surface area contributed by atoms with Crippen molar-refractivity contribution in [3.8, 4) is 0 Å². The number of rotatable bonds is 4. The first-order valence-electron chi connectivity index (χ1n) is 9.34. The lowest BCUT2D eigenvalue weighted by Crippen LogP contribution is -2.51. The number of esters is 1. The number of allylic oxidation sites excluding steroid dienone is 2. The van der Waals surface area contributed by atoms with Crippen LogP contribution < -0.4 is 0 Å². The summed E-state index contributed by atoms with van der Waals surface area (Å²) >= 11 is 0. The molecule has 3 nitrogen and oxygen atoms in total. The lowest BCUT2D eigenvalue weighted by molar-refractivity contribution is -0.175. The van der Waals surface area contributed by atoms with Gasteiger partial charge in [0.2, 0.25) is 0 Å². The van der Waals surface area contributed by atoms with Crippen molar-refractivity contribution in [2.24, 2.45) is 29.1 Å². The molecule has 3 rings (SSSR count). The van der Waals surface area contributed by atoms with Gasteiger partial charge in [-0.2, -0.15) is 0 Å². The Labute approximate surface area is 140 Å². The maximum atomic E-state index is 11.9. The minimum atomic E-state index is -0.317. The average Bonchev–Trinajstić information content (AvgIpc) is 2.76. The minimum absolute atomic E-state index is 0.0390. The van der Waals surface area contributed by atoms with Crippen molar-refractivity contribution < 1.29 is 14.6 Å². The van der Waals surface area contributed by atoms with E-state index in [4.69, 9.17) is 4.74 Å². The summed E-state index contributed by atoms with van der Waals surface area (Å²) in [7, 11) is 0. The molecule has 0 aromatic heterocycles. The summed E-state index contributed by atoms with van der Waals surface area (Å²) in [5.74, 6) is 1.62. The van der Waals surface area contributed by atoms with Crippen LogP contribution in [-0.4, -0.2) is 23.3 Å². The van der Waals surface area contributed by atoms with Crippen LogP contribution in [0.2, 0.25) is 0 Å². The highest BCUT2D eigenvalue weighted by molar-refractivity contribution is 5.71. The van der Waals surface area contributed by atoms with Gasteiger partial charge < -0.3 is 9.84 Å². The van der Waals surface area contributed by atoms with E-state index in [9.17, 15) is 9.90 Å². The van der Waals surface area contributed by atoms with E-state index in [-0.39, 0.29) is 29.5 Å². The van der Waals surface area contributed by atoms with Gasteiger partial charge in [-0.05, 0) is 63.2 Å². The van der Waals surface area contributed by atoms with E-state index < -0.39 is 0 Å². The number of hydrogen-bond acceptors (Lipinski definition) is 3. The molecule has 2 saturated carbocycles. The van der Waals surface area contributed by atoms with Crippen molar-refractivity contribution in [2.45, 2.75) is 78.4 Å². The van der Waals surface area contributed by atoms with Crippen molar-refractivity contribution in [3.05, 3.63) is 11.6 Å². The van der Waals surface area contributed by atoms with Crippen LogP contribution in [0.25, 0.3) is 0 Å². The van der Waals surface area contributed by atoms with Gasteiger partial charge in [-0.15, -0.1) is 0 Å². The Morgan fingerprint density at radius 2 is 2.22 bits per heavy atom. The average molecular weight is 320 g/mol. The number of carbonyl (C=O) groups is 1. The number of aliphatic hydroxyl groups is 1. The zero-order valence-electron chi connectivity index (χ0n) is 15.0. The highest BCUT2D eigenvalue weighted by Gasteiger charge is 2.62. The van der Waals surface area contributed by atoms with Gasteiger partial charge in [-0.3, -0.25) is 4.79 Å². The van der Waals surface area contributed by atoms with Gasteiger partial charge in [0.15, 0.2) is 0 Å². The Kier molecular flexibility index (Phi) is 4.61. The molecule has 2 aliphatic carbocycles. The molecule has 0 spiro atoms. The molecule has 3 fully saturated rings. The molecule has 1 N–H and O–H groups in total. The topological polar surface area (TPSA) is 46.5 Å². The second-order valence-corrected chi connectivity index (χ2v) is 8.71. The number of hydrogen-bond donors (Lipinski definition) is 1. The zero-order chi connectivity index (χ0) is 16.8. The lowest BCUT2D eigenvalue weighted by Gasteiger charge is -2.50. The molecular weight excluding hydrogens is 288 g/mol. The summed E-state index contributed by atoms with van der Waals surface area (Å²) in [5.41, 5.74) is 1.61. The van der Waals surface area contributed by atoms with Gasteiger partial charge in [0.1, 0.15) is 6.10 Å². The van der Waals surface area contributed by atoms with Crippen molar-refractivity contribution in [1.82, 2.24) is 0 Å². The Morgan fingerprint density at radius 1 is 1.48 bits per heavy atom. The van der Waals surface area contributed by atoms with E-state index in [2.05, 4.69) is 33.8 Å². The Hall–Kier alpha value is -0.830. The Morgan fingerprint density at radius 3 is 2.91 bits per heavy atom. The maximum Gasteiger partial charge on any atom is 0.306 e.